The van der Waals surface area contributed by atoms with E-state index < -0.39 is 10.8 Å². The van der Waals surface area contributed by atoms with Gasteiger partial charge in [0.25, 0.3) is 11.6 Å². The molecule has 110 valence electrons. The maximum absolute atomic E-state index is 12.0. The highest BCUT2D eigenvalue weighted by Crippen LogP contribution is 2.18. The highest BCUT2D eigenvalue weighted by Gasteiger charge is 2.21. The van der Waals surface area contributed by atoms with Gasteiger partial charge in [-0.05, 0) is 6.07 Å². The van der Waals surface area contributed by atoms with Crippen LogP contribution in [-0.2, 0) is 13.5 Å². The number of hydrogen-bond acceptors (Lipinski definition) is 7. The van der Waals surface area contributed by atoms with Crippen LogP contribution in [0.4, 0.5) is 11.5 Å². The van der Waals surface area contributed by atoms with E-state index in [0.29, 0.717) is 12.2 Å². The fourth-order valence-electron chi connectivity index (χ4n) is 1.71. The minimum atomic E-state index is -0.677. The number of hydrogen-bond donors (Lipinski definition) is 2. The number of nitrogens with two attached hydrogens (primary N) is 1. The van der Waals surface area contributed by atoms with Crippen LogP contribution in [-0.4, -0.2) is 37.1 Å². The molecule has 0 aliphatic rings. The van der Waals surface area contributed by atoms with Crippen molar-refractivity contribution in [3.63, 3.8) is 0 Å². The molecule has 2 aromatic rings. The van der Waals surface area contributed by atoms with Gasteiger partial charge in [0.2, 0.25) is 0 Å². The van der Waals surface area contributed by atoms with Gasteiger partial charge in [-0.15, -0.1) is 10.2 Å². The van der Waals surface area contributed by atoms with Crippen molar-refractivity contribution in [2.75, 3.05) is 12.3 Å². The minimum Gasteiger partial charge on any atom is -0.384 e. The van der Waals surface area contributed by atoms with E-state index >= 15 is 0 Å². The Kier molecular flexibility index (Phi) is 4.07. The predicted octanol–water partition coefficient (Wildman–Crippen LogP) is -0.327. The number of nitro groups is 1. The summed E-state index contributed by atoms with van der Waals surface area (Å²) in [6.45, 7) is 0.269. The maximum atomic E-state index is 12.0. The van der Waals surface area contributed by atoms with Gasteiger partial charge in [-0.2, -0.15) is 0 Å². The predicted molar refractivity (Wildman–Crippen MR) is 72.3 cm³/mol. The highest BCUT2D eigenvalue weighted by molar-refractivity contribution is 5.98. The second-order valence-electron chi connectivity index (χ2n) is 4.25. The smallest absolute Gasteiger partial charge is 0.300 e. The van der Waals surface area contributed by atoms with Crippen molar-refractivity contribution in [1.29, 1.82) is 0 Å². The van der Waals surface area contributed by atoms with E-state index in [1.807, 2.05) is 0 Å². The number of aryl methyl sites for hydroxylation is 1. The molecule has 21 heavy (non-hydrogen) atoms. The number of rotatable bonds is 5. The molecule has 0 atom stereocenters. The molecule has 10 nitrogen and oxygen atoms in total. The van der Waals surface area contributed by atoms with Gasteiger partial charge < -0.3 is 15.6 Å². The Morgan fingerprint density at radius 3 is 2.95 bits per heavy atom. The number of nitrogens with one attached hydrogen (secondary N) is 1. The Morgan fingerprint density at radius 1 is 1.57 bits per heavy atom. The standard InChI is InChI=1S/C11H13N7O3/c1-17-6-15-16-10(17)2-3-13-11(19)7-4-9(12)14-5-8(7)18(20)21/h4-6H,2-3H2,1H3,(H2,12,14)(H,13,19). The molecule has 0 spiro atoms. The van der Waals surface area contributed by atoms with Crippen molar-refractivity contribution in [2.24, 2.45) is 7.05 Å². The molecule has 0 saturated heterocycles. The number of nitrogens with zero attached hydrogens (tertiary/aromatic N) is 5. The first kappa shape index (κ1) is 14.4. The van der Waals surface area contributed by atoms with Crippen molar-refractivity contribution in [2.45, 2.75) is 6.42 Å². The lowest BCUT2D eigenvalue weighted by atomic mass is 10.2. The zero-order valence-corrected chi connectivity index (χ0v) is 11.2. The van der Waals surface area contributed by atoms with Gasteiger partial charge in [0.05, 0.1) is 4.92 Å². The molecule has 10 heteroatoms. The monoisotopic (exact) mass is 291 g/mol. The molecular weight excluding hydrogens is 278 g/mol. The first-order valence-corrected chi connectivity index (χ1v) is 6.00. The molecule has 0 radical (unpaired) electrons. The summed E-state index contributed by atoms with van der Waals surface area (Å²) in [5.74, 6) is 0.149. The van der Waals surface area contributed by atoms with Gasteiger partial charge in [0.15, 0.2) is 0 Å². The number of carbonyl (C=O) groups is 1. The Balaban J connectivity index is 2.05. The number of amides is 1. The molecule has 0 bridgehead atoms. The summed E-state index contributed by atoms with van der Waals surface area (Å²) in [5.41, 5.74) is 4.95. The summed E-state index contributed by atoms with van der Waals surface area (Å²) in [6.07, 6.45) is 2.97. The summed E-state index contributed by atoms with van der Waals surface area (Å²) >= 11 is 0. The third kappa shape index (κ3) is 3.29. The number of anilines is 1. The van der Waals surface area contributed by atoms with E-state index in [4.69, 9.17) is 5.73 Å². The van der Waals surface area contributed by atoms with Gasteiger partial charge in [-0.3, -0.25) is 14.9 Å². The van der Waals surface area contributed by atoms with E-state index in [9.17, 15) is 14.9 Å². The summed E-state index contributed by atoms with van der Waals surface area (Å²) < 4.78 is 1.72. The number of nitrogen functional groups attached to an aromatic ring is 1. The molecular formula is C11H13N7O3. The average Bonchev–Trinajstić information content (AvgIpc) is 2.84. The van der Waals surface area contributed by atoms with Crippen molar-refractivity contribution >= 4 is 17.4 Å². The summed E-state index contributed by atoms with van der Waals surface area (Å²) in [4.78, 5) is 25.8. The first-order valence-electron chi connectivity index (χ1n) is 6.00. The average molecular weight is 291 g/mol. The van der Waals surface area contributed by atoms with Crippen molar-refractivity contribution < 1.29 is 9.72 Å². The van der Waals surface area contributed by atoms with E-state index in [0.717, 1.165) is 6.20 Å². The lowest BCUT2D eigenvalue weighted by molar-refractivity contribution is -0.385. The van der Waals surface area contributed by atoms with E-state index in [1.165, 1.54) is 6.07 Å². The largest absolute Gasteiger partial charge is 0.384 e. The molecule has 1 amide bonds. The Labute approximate surface area is 119 Å². The first-order chi connectivity index (χ1) is 9.99. The van der Waals surface area contributed by atoms with Gasteiger partial charge in [-0.1, -0.05) is 0 Å². The van der Waals surface area contributed by atoms with E-state index in [-0.39, 0.29) is 23.6 Å². The van der Waals surface area contributed by atoms with Crippen LogP contribution < -0.4 is 11.1 Å². The van der Waals surface area contributed by atoms with Crippen LogP contribution in [0.3, 0.4) is 0 Å². The zero-order valence-electron chi connectivity index (χ0n) is 11.2. The van der Waals surface area contributed by atoms with Crippen molar-refractivity contribution in [1.82, 2.24) is 25.1 Å². The van der Waals surface area contributed by atoms with Gasteiger partial charge in [0.1, 0.15) is 29.7 Å². The molecule has 3 N–H and O–H groups in total. The van der Waals surface area contributed by atoms with Crippen LogP contribution in [0.25, 0.3) is 0 Å². The summed E-state index contributed by atoms with van der Waals surface area (Å²) in [7, 11) is 1.78. The topological polar surface area (TPSA) is 142 Å². The fraction of sp³-hybridized carbons (Fsp3) is 0.273. The lowest BCUT2D eigenvalue weighted by Gasteiger charge is -2.06. The van der Waals surface area contributed by atoms with Gasteiger partial charge in [0, 0.05) is 20.0 Å². The molecule has 0 aliphatic carbocycles. The van der Waals surface area contributed by atoms with Crippen LogP contribution in [0.2, 0.25) is 0 Å². The second kappa shape index (κ2) is 5.94. The molecule has 2 aromatic heterocycles. The Morgan fingerprint density at radius 2 is 2.33 bits per heavy atom. The Bertz CT molecular complexity index is 682. The summed E-state index contributed by atoms with van der Waals surface area (Å²) in [6, 6.07) is 1.18. The molecule has 2 heterocycles. The van der Waals surface area contributed by atoms with Crippen LogP contribution in [0, 0.1) is 10.1 Å². The Hall–Kier alpha value is -3.04. The summed E-state index contributed by atoms with van der Waals surface area (Å²) in [5, 5.41) is 21.0. The third-order valence-electron chi connectivity index (χ3n) is 2.78. The van der Waals surface area contributed by atoms with Crippen molar-refractivity contribution in [3.8, 4) is 0 Å². The number of pyridine rings is 1. The SMILES string of the molecule is Cn1cnnc1CCNC(=O)c1cc(N)ncc1[N+](=O)[O-]. The van der Waals surface area contributed by atoms with Gasteiger partial charge in [-0.25, -0.2) is 4.98 Å². The minimum absolute atomic E-state index is 0.0408. The van der Waals surface area contributed by atoms with E-state index in [1.54, 1.807) is 17.9 Å². The number of carbonyl (C=O) groups excluding carboxylic acids is 1. The molecule has 0 aliphatic heterocycles. The normalized spacial score (nSPS) is 10.3. The van der Waals surface area contributed by atoms with Crippen LogP contribution >= 0.6 is 0 Å². The molecule has 0 unspecified atom stereocenters. The fourth-order valence-corrected chi connectivity index (χ4v) is 1.71. The molecule has 0 fully saturated rings. The molecule has 2 rings (SSSR count). The van der Waals surface area contributed by atoms with Gasteiger partial charge >= 0.3 is 0 Å². The maximum Gasteiger partial charge on any atom is 0.300 e. The second-order valence-corrected chi connectivity index (χ2v) is 4.25. The molecule has 0 saturated carbocycles. The van der Waals surface area contributed by atoms with Crippen LogP contribution in [0.5, 0.6) is 0 Å². The lowest BCUT2D eigenvalue weighted by Crippen LogP contribution is -2.27. The molecule has 0 aromatic carbocycles. The van der Waals surface area contributed by atoms with Crippen LogP contribution in [0.1, 0.15) is 16.2 Å². The quantitative estimate of drug-likeness (QED) is 0.567. The van der Waals surface area contributed by atoms with Crippen molar-refractivity contribution in [3.05, 3.63) is 40.1 Å². The van der Waals surface area contributed by atoms with E-state index in [2.05, 4.69) is 20.5 Å². The van der Waals surface area contributed by atoms with Crippen LogP contribution in [0.15, 0.2) is 18.6 Å². The highest BCUT2D eigenvalue weighted by atomic mass is 16.6. The third-order valence-corrected chi connectivity index (χ3v) is 2.78. The number of aromatic nitrogens is 4. The zero-order chi connectivity index (χ0) is 15.4.